The van der Waals surface area contributed by atoms with Crippen LogP contribution >= 0.6 is 34.2 Å². The van der Waals surface area contributed by atoms with Crippen molar-refractivity contribution < 1.29 is 4.79 Å². The van der Waals surface area contributed by atoms with Crippen LogP contribution in [0.5, 0.6) is 0 Å². The van der Waals surface area contributed by atoms with E-state index in [2.05, 4.69) is 27.9 Å². The topological polar surface area (TPSA) is 29.1 Å². The Balaban J connectivity index is 2.03. The molecule has 98 valence electrons. The first-order valence-corrected chi connectivity index (χ1v) is 7.31. The fraction of sp³-hybridized carbons (Fsp3) is 0.133. The van der Waals surface area contributed by atoms with Crippen LogP contribution in [0.25, 0.3) is 0 Å². The van der Waals surface area contributed by atoms with E-state index in [1.807, 2.05) is 49.4 Å². The average Bonchev–Trinajstić information content (AvgIpc) is 2.36. The second-order valence-corrected chi connectivity index (χ2v) is 5.99. The lowest BCUT2D eigenvalue weighted by atomic mass is 10.1. The van der Waals surface area contributed by atoms with Gasteiger partial charge in [-0.3, -0.25) is 4.79 Å². The van der Waals surface area contributed by atoms with Crippen LogP contribution in [0.1, 0.15) is 11.1 Å². The van der Waals surface area contributed by atoms with E-state index in [1.54, 1.807) is 0 Å². The molecule has 4 heteroatoms. The monoisotopic (exact) mass is 385 g/mol. The van der Waals surface area contributed by atoms with E-state index in [-0.39, 0.29) is 5.91 Å². The molecule has 19 heavy (non-hydrogen) atoms. The largest absolute Gasteiger partial charge is 0.324 e. The second kappa shape index (κ2) is 6.39. The highest BCUT2D eigenvalue weighted by molar-refractivity contribution is 14.1. The molecule has 0 saturated carbocycles. The molecule has 0 aliphatic rings. The summed E-state index contributed by atoms with van der Waals surface area (Å²) in [6.45, 7) is 2.02. The number of benzene rings is 2. The van der Waals surface area contributed by atoms with Gasteiger partial charge in [0.25, 0.3) is 0 Å². The smallest absolute Gasteiger partial charge is 0.228 e. The van der Waals surface area contributed by atoms with Gasteiger partial charge < -0.3 is 5.32 Å². The van der Waals surface area contributed by atoms with Gasteiger partial charge >= 0.3 is 0 Å². The predicted octanol–water partition coefficient (Wildman–Crippen LogP) is 4.43. The molecule has 0 atom stereocenters. The minimum Gasteiger partial charge on any atom is -0.324 e. The van der Waals surface area contributed by atoms with E-state index in [4.69, 9.17) is 11.6 Å². The number of hydrogen-bond donors (Lipinski definition) is 1. The number of rotatable bonds is 3. The van der Waals surface area contributed by atoms with Gasteiger partial charge in [-0.2, -0.15) is 0 Å². The van der Waals surface area contributed by atoms with Crippen LogP contribution in [-0.2, 0) is 11.2 Å². The molecule has 2 aromatic carbocycles. The number of halogens is 2. The number of aryl methyl sites for hydroxylation is 1. The maximum Gasteiger partial charge on any atom is 0.228 e. The third kappa shape index (κ3) is 4.21. The van der Waals surface area contributed by atoms with E-state index < -0.39 is 0 Å². The number of nitrogens with one attached hydrogen (secondary N) is 1. The molecule has 1 N–H and O–H groups in total. The molecule has 0 saturated heterocycles. The van der Waals surface area contributed by atoms with Crippen molar-refractivity contribution in [2.75, 3.05) is 5.32 Å². The SMILES string of the molecule is Cc1ccc(CC(=O)Nc2ccc(I)cc2Cl)cc1. The number of carbonyl (C=O) groups excluding carboxylic acids is 1. The molecule has 0 radical (unpaired) electrons. The van der Waals surface area contributed by atoms with E-state index in [0.29, 0.717) is 17.1 Å². The summed E-state index contributed by atoms with van der Waals surface area (Å²) in [6.07, 6.45) is 0.350. The zero-order valence-corrected chi connectivity index (χ0v) is 13.3. The second-order valence-electron chi connectivity index (χ2n) is 4.33. The first kappa shape index (κ1) is 14.3. The summed E-state index contributed by atoms with van der Waals surface area (Å²) in [7, 11) is 0. The molecule has 2 rings (SSSR count). The quantitative estimate of drug-likeness (QED) is 0.778. The van der Waals surface area contributed by atoms with Crippen LogP contribution in [0, 0.1) is 10.5 Å². The Morgan fingerprint density at radius 2 is 1.89 bits per heavy atom. The molecule has 2 aromatic rings. The van der Waals surface area contributed by atoms with Crippen molar-refractivity contribution in [3.63, 3.8) is 0 Å². The van der Waals surface area contributed by atoms with E-state index in [9.17, 15) is 4.79 Å². The van der Waals surface area contributed by atoms with E-state index in [0.717, 1.165) is 9.13 Å². The molecular formula is C15H13ClINO. The molecular weight excluding hydrogens is 373 g/mol. The van der Waals surface area contributed by atoms with Gasteiger partial charge in [-0.1, -0.05) is 41.4 Å². The summed E-state index contributed by atoms with van der Waals surface area (Å²) in [5.41, 5.74) is 2.83. The average molecular weight is 386 g/mol. The Morgan fingerprint density at radius 1 is 1.21 bits per heavy atom. The molecule has 0 heterocycles. The number of carbonyl (C=O) groups is 1. The van der Waals surface area contributed by atoms with Crippen molar-refractivity contribution in [1.29, 1.82) is 0 Å². The Kier molecular flexibility index (Phi) is 4.82. The molecule has 0 aromatic heterocycles. The maximum absolute atomic E-state index is 11.9. The number of hydrogen-bond acceptors (Lipinski definition) is 1. The molecule has 0 aliphatic carbocycles. The van der Waals surface area contributed by atoms with Crippen LogP contribution in [0.2, 0.25) is 5.02 Å². The van der Waals surface area contributed by atoms with Crippen molar-refractivity contribution in [2.45, 2.75) is 13.3 Å². The van der Waals surface area contributed by atoms with Crippen molar-refractivity contribution in [2.24, 2.45) is 0 Å². The lowest BCUT2D eigenvalue weighted by Crippen LogP contribution is -2.14. The number of anilines is 1. The van der Waals surface area contributed by atoms with Gasteiger partial charge in [-0.05, 0) is 53.3 Å². The van der Waals surface area contributed by atoms with E-state index >= 15 is 0 Å². The highest BCUT2D eigenvalue weighted by atomic mass is 127. The zero-order valence-electron chi connectivity index (χ0n) is 10.4. The Bertz CT molecular complexity index is 596. The van der Waals surface area contributed by atoms with Crippen molar-refractivity contribution in [1.82, 2.24) is 0 Å². The lowest BCUT2D eigenvalue weighted by molar-refractivity contribution is -0.115. The lowest BCUT2D eigenvalue weighted by Gasteiger charge is -2.08. The Labute approximate surface area is 131 Å². The summed E-state index contributed by atoms with van der Waals surface area (Å²) < 4.78 is 1.04. The van der Waals surface area contributed by atoms with Gasteiger partial charge in [0.1, 0.15) is 0 Å². The van der Waals surface area contributed by atoms with Gasteiger partial charge in [-0.15, -0.1) is 0 Å². The summed E-state index contributed by atoms with van der Waals surface area (Å²) in [5.74, 6) is -0.0630. The molecule has 0 unspecified atom stereocenters. The van der Waals surface area contributed by atoms with Crippen molar-refractivity contribution >= 4 is 45.8 Å². The summed E-state index contributed by atoms with van der Waals surface area (Å²) in [6, 6.07) is 13.5. The molecule has 2 nitrogen and oxygen atoms in total. The first-order valence-electron chi connectivity index (χ1n) is 5.85. The fourth-order valence-corrected chi connectivity index (χ4v) is 2.58. The minimum atomic E-state index is -0.0630. The molecule has 0 bridgehead atoms. The summed E-state index contributed by atoms with van der Waals surface area (Å²) >= 11 is 8.26. The Hall–Kier alpha value is -1.07. The molecule has 0 aliphatic heterocycles. The third-order valence-corrected chi connectivity index (χ3v) is 3.67. The van der Waals surface area contributed by atoms with Crippen LogP contribution in [0.4, 0.5) is 5.69 Å². The van der Waals surface area contributed by atoms with Gasteiger partial charge in [0.2, 0.25) is 5.91 Å². The van der Waals surface area contributed by atoms with Crippen LogP contribution < -0.4 is 5.32 Å². The normalized spacial score (nSPS) is 10.3. The van der Waals surface area contributed by atoms with Crippen LogP contribution in [0.3, 0.4) is 0 Å². The molecule has 1 amide bonds. The zero-order chi connectivity index (χ0) is 13.8. The van der Waals surface area contributed by atoms with Crippen LogP contribution in [0.15, 0.2) is 42.5 Å². The highest BCUT2D eigenvalue weighted by Gasteiger charge is 2.07. The molecule has 0 spiro atoms. The first-order chi connectivity index (χ1) is 9.04. The molecule has 0 fully saturated rings. The predicted molar refractivity (Wildman–Crippen MR) is 87.7 cm³/mol. The maximum atomic E-state index is 11.9. The van der Waals surface area contributed by atoms with Crippen LogP contribution in [-0.4, -0.2) is 5.91 Å². The standard InChI is InChI=1S/C15H13ClINO/c1-10-2-4-11(5-3-10)8-15(19)18-14-7-6-12(17)9-13(14)16/h2-7,9H,8H2,1H3,(H,18,19). The third-order valence-electron chi connectivity index (χ3n) is 2.69. The summed E-state index contributed by atoms with van der Waals surface area (Å²) in [5, 5.41) is 3.39. The highest BCUT2D eigenvalue weighted by Crippen LogP contribution is 2.23. The van der Waals surface area contributed by atoms with Crippen molar-refractivity contribution in [3.8, 4) is 0 Å². The van der Waals surface area contributed by atoms with Gasteiger partial charge in [0, 0.05) is 3.57 Å². The Morgan fingerprint density at radius 3 is 2.53 bits per heavy atom. The van der Waals surface area contributed by atoms with E-state index in [1.165, 1.54) is 5.56 Å². The summed E-state index contributed by atoms with van der Waals surface area (Å²) in [4.78, 5) is 11.9. The minimum absolute atomic E-state index is 0.0630. The van der Waals surface area contributed by atoms with Crippen molar-refractivity contribution in [3.05, 3.63) is 62.2 Å². The van der Waals surface area contributed by atoms with Gasteiger partial charge in [0.05, 0.1) is 17.1 Å². The van der Waals surface area contributed by atoms with Gasteiger partial charge in [0.15, 0.2) is 0 Å². The fourth-order valence-electron chi connectivity index (χ4n) is 1.68. The number of amides is 1. The van der Waals surface area contributed by atoms with Gasteiger partial charge in [-0.25, -0.2) is 0 Å².